The van der Waals surface area contributed by atoms with Gasteiger partial charge in [0.25, 0.3) is 0 Å². The maximum Gasteiger partial charge on any atom is 0.0725 e. The summed E-state index contributed by atoms with van der Waals surface area (Å²) in [5, 5.41) is 17.8. The Labute approximate surface area is 464 Å². The van der Waals surface area contributed by atoms with Crippen LogP contribution in [0.2, 0.25) is 0 Å². The number of rotatable bonds is 3. The Kier molecular flexibility index (Phi) is 7.85. The molecule has 4 aromatic heterocycles. The molecule has 370 valence electrons. The topological polar surface area (TPSA) is 8.82 Å². The van der Waals surface area contributed by atoms with Crippen LogP contribution in [0, 0.1) is 0 Å². The summed E-state index contributed by atoms with van der Waals surface area (Å²) in [5.41, 5.74) is 25.1. The zero-order valence-electron chi connectivity index (χ0n) is 43.8. The molecule has 0 fully saturated rings. The van der Waals surface area contributed by atoms with E-state index in [1.807, 2.05) is 0 Å². The van der Waals surface area contributed by atoms with Crippen molar-refractivity contribution in [3.63, 3.8) is 0 Å². The summed E-state index contributed by atoms with van der Waals surface area (Å²) in [6.07, 6.45) is 0. The standard InChI is InChI=1S/C79H44N2/c1-2-19-46-45(18-1)38-43-67-73(46)57-22-3-9-31-64(57)79(67)65-32-10-4-23-58(65)74-61(30-17-33-66(74)79)72-51-28-15-26-47(53-39-41-55-49-20-5-11-34-68(49)80-70-36-13-7-24-59(70)75(53)77(55)80)62(51)44-63-48(27-16-29-52(63)72)54-40-42-56-50-21-6-12-35-69(50)81-71-37-14-8-25-60(71)76(54)78(56)81/h1-44H. The molecule has 4 heterocycles. The zero-order chi connectivity index (χ0) is 52.4. The molecule has 0 saturated carbocycles. The lowest BCUT2D eigenvalue weighted by Gasteiger charge is -2.30. The minimum absolute atomic E-state index is 0.522. The van der Waals surface area contributed by atoms with E-state index in [9.17, 15) is 0 Å². The maximum atomic E-state index is 2.56. The second-order valence-electron chi connectivity index (χ2n) is 22.8. The zero-order valence-corrected chi connectivity index (χ0v) is 43.8. The Bertz CT molecular complexity index is 5610. The molecule has 81 heavy (non-hydrogen) atoms. The van der Waals surface area contributed by atoms with E-state index in [1.165, 1.54) is 186 Å². The van der Waals surface area contributed by atoms with Crippen LogP contribution in [-0.4, -0.2) is 8.80 Å². The van der Waals surface area contributed by atoms with Gasteiger partial charge < -0.3 is 8.80 Å². The Balaban J connectivity index is 0.947. The largest absolute Gasteiger partial charge is 0.308 e. The van der Waals surface area contributed by atoms with E-state index in [0.29, 0.717) is 0 Å². The smallest absolute Gasteiger partial charge is 0.0725 e. The van der Waals surface area contributed by atoms with Crippen molar-refractivity contribution in [2.45, 2.75) is 5.41 Å². The van der Waals surface area contributed by atoms with Crippen molar-refractivity contribution in [2.24, 2.45) is 0 Å². The minimum Gasteiger partial charge on any atom is -0.308 e. The normalized spacial score (nSPS) is 14.7. The van der Waals surface area contributed by atoms with Gasteiger partial charge in [-0.2, -0.15) is 0 Å². The highest BCUT2D eigenvalue weighted by Gasteiger charge is 2.52. The van der Waals surface area contributed by atoms with Crippen LogP contribution in [0.3, 0.4) is 0 Å². The summed E-state index contributed by atoms with van der Waals surface area (Å²) in [4.78, 5) is 0. The van der Waals surface area contributed by atoms with Crippen LogP contribution in [0.15, 0.2) is 267 Å². The number of benzene rings is 14. The Morgan fingerprint density at radius 2 is 0.617 bits per heavy atom. The highest BCUT2D eigenvalue weighted by molar-refractivity contribution is 6.31. The summed E-state index contributed by atoms with van der Waals surface area (Å²) in [7, 11) is 0. The van der Waals surface area contributed by atoms with Gasteiger partial charge in [0, 0.05) is 43.1 Å². The molecule has 2 aliphatic rings. The monoisotopic (exact) mass is 1020 g/mol. The number of fused-ring (bicyclic) bond motifs is 26. The van der Waals surface area contributed by atoms with Crippen molar-refractivity contribution in [2.75, 3.05) is 0 Å². The molecule has 20 rings (SSSR count). The van der Waals surface area contributed by atoms with Crippen LogP contribution in [0.25, 0.3) is 164 Å². The predicted molar refractivity (Wildman–Crippen MR) is 341 cm³/mol. The van der Waals surface area contributed by atoms with Crippen LogP contribution >= 0.6 is 0 Å². The second-order valence-corrected chi connectivity index (χ2v) is 22.8. The molecule has 0 saturated heterocycles. The van der Waals surface area contributed by atoms with Gasteiger partial charge in [-0.05, 0) is 141 Å². The number of hydrogen-bond acceptors (Lipinski definition) is 0. The molecule has 2 aliphatic carbocycles. The van der Waals surface area contributed by atoms with E-state index in [0.717, 1.165) is 0 Å². The Morgan fingerprint density at radius 3 is 1.20 bits per heavy atom. The van der Waals surface area contributed by atoms with Crippen LogP contribution in [0.1, 0.15) is 22.3 Å². The van der Waals surface area contributed by atoms with Crippen molar-refractivity contribution in [1.82, 2.24) is 8.80 Å². The third kappa shape index (κ3) is 5.00. The lowest BCUT2D eigenvalue weighted by Crippen LogP contribution is -2.25. The van der Waals surface area contributed by atoms with E-state index < -0.39 is 5.41 Å². The molecule has 0 bridgehead atoms. The average Bonchev–Trinajstić information content (AvgIpc) is 4.11. The lowest BCUT2D eigenvalue weighted by molar-refractivity contribution is 0.794. The van der Waals surface area contributed by atoms with Gasteiger partial charge in [0.05, 0.1) is 38.5 Å². The van der Waals surface area contributed by atoms with Gasteiger partial charge >= 0.3 is 0 Å². The van der Waals surface area contributed by atoms with Gasteiger partial charge in [0.1, 0.15) is 0 Å². The number of nitrogens with zero attached hydrogens (tertiary/aromatic N) is 2. The molecule has 0 amide bonds. The Morgan fingerprint density at radius 1 is 0.210 bits per heavy atom. The molecule has 14 aromatic carbocycles. The first kappa shape index (κ1) is 42.5. The number of aromatic nitrogens is 2. The summed E-state index contributed by atoms with van der Waals surface area (Å²) < 4.78 is 5.03. The molecule has 2 nitrogen and oxygen atoms in total. The van der Waals surface area contributed by atoms with E-state index >= 15 is 0 Å². The fourth-order valence-corrected chi connectivity index (χ4v) is 16.5. The summed E-state index contributed by atoms with van der Waals surface area (Å²) in [6.45, 7) is 0. The minimum atomic E-state index is -0.522. The SMILES string of the molecule is c1ccc2c(c1)-c1c(-c3c4cccc(-c5ccc6c7ccccc7n7c8ccccc8c5c67)c4cc4c(-c5ccc6c7ccccc7n7c8ccccc8c5c67)cccc34)cccc1C21c2ccccc2-c2c1ccc1ccccc21. The maximum absolute atomic E-state index is 2.56. The van der Waals surface area contributed by atoms with Crippen molar-refractivity contribution in [3.05, 3.63) is 289 Å². The lowest BCUT2D eigenvalue weighted by atomic mass is 9.70. The first-order chi connectivity index (χ1) is 40.3. The van der Waals surface area contributed by atoms with Crippen molar-refractivity contribution in [1.29, 1.82) is 0 Å². The van der Waals surface area contributed by atoms with Gasteiger partial charge in [0.2, 0.25) is 0 Å². The molecule has 2 heteroatoms. The second kappa shape index (κ2) is 15.0. The Hall–Kier alpha value is -10.5. The van der Waals surface area contributed by atoms with Crippen LogP contribution in [0.5, 0.6) is 0 Å². The van der Waals surface area contributed by atoms with E-state index in [1.54, 1.807) is 0 Å². The number of para-hydroxylation sites is 4. The fraction of sp³-hybridized carbons (Fsp3) is 0.0127. The average molecular weight is 1020 g/mol. The highest BCUT2D eigenvalue weighted by atomic mass is 14.9. The van der Waals surface area contributed by atoms with Crippen LogP contribution in [-0.2, 0) is 5.41 Å². The van der Waals surface area contributed by atoms with E-state index in [2.05, 4.69) is 276 Å². The molecule has 0 radical (unpaired) electrons. The molecule has 18 aromatic rings. The van der Waals surface area contributed by atoms with Gasteiger partial charge in [0.15, 0.2) is 0 Å². The molecular formula is C79H44N2. The highest BCUT2D eigenvalue weighted by Crippen LogP contribution is 2.65. The van der Waals surface area contributed by atoms with Gasteiger partial charge in [-0.15, -0.1) is 0 Å². The fourth-order valence-electron chi connectivity index (χ4n) is 16.5. The molecule has 0 N–H and O–H groups in total. The third-order valence-corrected chi connectivity index (χ3v) is 19.4. The summed E-state index contributed by atoms with van der Waals surface area (Å²) in [6, 6.07) is 102. The van der Waals surface area contributed by atoms with Crippen molar-refractivity contribution >= 4 is 109 Å². The van der Waals surface area contributed by atoms with Crippen LogP contribution in [0.4, 0.5) is 0 Å². The molecule has 1 spiro atoms. The number of hydrogen-bond donors (Lipinski definition) is 0. The molecule has 1 unspecified atom stereocenters. The first-order valence-corrected chi connectivity index (χ1v) is 28.4. The first-order valence-electron chi connectivity index (χ1n) is 28.4. The van der Waals surface area contributed by atoms with Gasteiger partial charge in [-0.25, -0.2) is 0 Å². The van der Waals surface area contributed by atoms with Gasteiger partial charge in [-0.3, -0.25) is 0 Å². The summed E-state index contributed by atoms with van der Waals surface area (Å²) in [5.74, 6) is 0. The van der Waals surface area contributed by atoms with Crippen molar-refractivity contribution < 1.29 is 0 Å². The molecule has 0 aliphatic heterocycles. The van der Waals surface area contributed by atoms with Crippen LogP contribution < -0.4 is 0 Å². The predicted octanol–water partition coefficient (Wildman–Crippen LogP) is 20.8. The molecular weight excluding hydrogens is 977 g/mol. The summed E-state index contributed by atoms with van der Waals surface area (Å²) >= 11 is 0. The van der Waals surface area contributed by atoms with E-state index in [4.69, 9.17) is 0 Å². The molecule has 1 atom stereocenters. The third-order valence-electron chi connectivity index (χ3n) is 19.4. The quantitative estimate of drug-likeness (QED) is 0.156. The van der Waals surface area contributed by atoms with E-state index in [-0.39, 0.29) is 0 Å². The van der Waals surface area contributed by atoms with Crippen molar-refractivity contribution in [3.8, 4) is 55.6 Å². The van der Waals surface area contributed by atoms with Gasteiger partial charge in [-0.1, -0.05) is 237 Å².